The first-order valence-corrected chi connectivity index (χ1v) is 8.61. The summed E-state index contributed by atoms with van der Waals surface area (Å²) in [4.78, 5) is 6.46. The number of rotatable bonds is 3. The average molecular weight is 376 g/mol. The van der Waals surface area contributed by atoms with E-state index < -0.39 is 11.6 Å². The Balaban J connectivity index is 1.51. The van der Waals surface area contributed by atoms with Gasteiger partial charge in [-0.3, -0.25) is 15.2 Å². The summed E-state index contributed by atoms with van der Waals surface area (Å²) in [5, 5.41) is 13.7. The van der Waals surface area contributed by atoms with Crippen molar-refractivity contribution >= 4 is 11.8 Å². The summed E-state index contributed by atoms with van der Waals surface area (Å²) in [6.07, 6.45) is 10.8. The molecule has 28 heavy (non-hydrogen) atoms. The van der Waals surface area contributed by atoms with Crippen molar-refractivity contribution in [3.63, 3.8) is 0 Å². The molecule has 2 N–H and O–H groups in total. The molecule has 1 aliphatic heterocycles. The molecule has 0 saturated heterocycles. The molecule has 0 atom stereocenters. The first-order valence-electron chi connectivity index (χ1n) is 8.61. The molecule has 5 rings (SSSR count). The Morgan fingerprint density at radius 3 is 2.75 bits per heavy atom. The van der Waals surface area contributed by atoms with Crippen molar-refractivity contribution in [2.45, 2.75) is 6.54 Å². The van der Waals surface area contributed by atoms with E-state index in [2.05, 4.69) is 31.4 Å². The Kier molecular flexibility index (Phi) is 3.75. The van der Waals surface area contributed by atoms with Gasteiger partial charge in [0.2, 0.25) is 0 Å². The minimum absolute atomic E-state index is 0.238. The van der Waals surface area contributed by atoms with E-state index in [0.717, 1.165) is 28.5 Å². The van der Waals surface area contributed by atoms with Crippen LogP contribution in [0.5, 0.6) is 0 Å². The smallest absolute Gasteiger partial charge is 0.135 e. The average Bonchev–Trinajstić information content (AvgIpc) is 3.39. The standard InChI is InChI=1S/C20H14F2N6/c21-15-1-2-16(17(22)6-15)20-19(10-26-27-20)28-4-3-18-13(11-28)5-12(7-23-18)14-8-24-25-9-14/h1-10H,11H2,(H,24,25)(H,26,27). The number of halogens is 2. The molecule has 138 valence electrons. The summed E-state index contributed by atoms with van der Waals surface area (Å²) >= 11 is 0. The highest BCUT2D eigenvalue weighted by Crippen LogP contribution is 2.34. The molecule has 4 heterocycles. The number of aromatic amines is 2. The van der Waals surface area contributed by atoms with Crippen LogP contribution < -0.4 is 4.90 Å². The van der Waals surface area contributed by atoms with Crippen LogP contribution in [0.2, 0.25) is 0 Å². The van der Waals surface area contributed by atoms with Gasteiger partial charge in [-0.25, -0.2) is 8.78 Å². The molecule has 0 unspecified atom stereocenters. The van der Waals surface area contributed by atoms with Crippen LogP contribution in [0.25, 0.3) is 28.5 Å². The molecule has 8 heteroatoms. The molecule has 0 amide bonds. The van der Waals surface area contributed by atoms with Gasteiger partial charge in [0.05, 0.1) is 17.6 Å². The molecular weight excluding hydrogens is 362 g/mol. The number of nitrogens with one attached hydrogen (secondary N) is 2. The van der Waals surface area contributed by atoms with Gasteiger partial charge in [0.15, 0.2) is 0 Å². The summed E-state index contributed by atoms with van der Waals surface area (Å²) in [6.45, 7) is 0.542. The van der Waals surface area contributed by atoms with Crippen molar-refractivity contribution in [2.24, 2.45) is 0 Å². The van der Waals surface area contributed by atoms with Crippen LogP contribution in [0, 0.1) is 11.6 Å². The summed E-state index contributed by atoms with van der Waals surface area (Å²) < 4.78 is 27.5. The van der Waals surface area contributed by atoms with E-state index >= 15 is 0 Å². The Morgan fingerprint density at radius 1 is 1.00 bits per heavy atom. The maximum atomic E-state index is 14.3. The number of fused-ring (bicyclic) bond motifs is 1. The molecule has 1 aliphatic rings. The molecule has 0 aliphatic carbocycles. The quantitative estimate of drug-likeness (QED) is 0.564. The molecular formula is C20H14F2N6. The first kappa shape index (κ1) is 16.4. The first-order chi connectivity index (χ1) is 13.7. The predicted octanol–water partition coefficient (Wildman–Crippen LogP) is 4.13. The molecule has 0 spiro atoms. The van der Waals surface area contributed by atoms with Crippen LogP contribution in [-0.4, -0.2) is 25.4 Å². The Hall–Kier alpha value is -3.81. The topological polar surface area (TPSA) is 73.5 Å². The van der Waals surface area contributed by atoms with Gasteiger partial charge < -0.3 is 4.90 Å². The molecule has 6 nitrogen and oxygen atoms in total. The number of aromatic nitrogens is 5. The van der Waals surface area contributed by atoms with E-state index in [-0.39, 0.29) is 5.56 Å². The summed E-state index contributed by atoms with van der Waals surface area (Å²) in [7, 11) is 0. The molecule has 0 saturated carbocycles. The number of benzene rings is 1. The van der Waals surface area contributed by atoms with Gasteiger partial charge in [0.1, 0.15) is 17.3 Å². The normalized spacial score (nSPS) is 13.0. The second kappa shape index (κ2) is 6.41. The molecule has 0 radical (unpaired) electrons. The Labute approximate surface area is 158 Å². The fraction of sp³-hybridized carbons (Fsp3) is 0.0500. The maximum absolute atomic E-state index is 14.3. The van der Waals surface area contributed by atoms with Gasteiger partial charge in [0, 0.05) is 54.1 Å². The number of pyridine rings is 1. The molecule has 1 aromatic carbocycles. The van der Waals surface area contributed by atoms with Crippen molar-refractivity contribution in [3.05, 3.63) is 78.1 Å². The lowest BCUT2D eigenvalue weighted by molar-refractivity contribution is 0.585. The molecule has 0 fully saturated rings. The largest absolute Gasteiger partial charge is 0.340 e. The number of anilines is 1. The second-order valence-corrected chi connectivity index (χ2v) is 6.44. The van der Waals surface area contributed by atoms with Crippen LogP contribution in [-0.2, 0) is 6.54 Å². The van der Waals surface area contributed by atoms with Crippen molar-refractivity contribution < 1.29 is 8.78 Å². The summed E-state index contributed by atoms with van der Waals surface area (Å²) in [5.74, 6) is -1.28. The number of hydrogen-bond acceptors (Lipinski definition) is 4. The zero-order valence-corrected chi connectivity index (χ0v) is 14.5. The van der Waals surface area contributed by atoms with Crippen molar-refractivity contribution in [1.82, 2.24) is 25.4 Å². The molecule has 4 aromatic rings. The minimum Gasteiger partial charge on any atom is -0.340 e. The van der Waals surface area contributed by atoms with Crippen LogP contribution in [0.1, 0.15) is 11.3 Å². The lowest BCUT2D eigenvalue weighted by Gasteiger charge is -2.25. The molecule has 0 bridgehead atoms. The van der Waals surface area contributed by atoms with Crippen LogP contribution >= 0.6 is 0 Å². The predicted molar refractivity (Wildman–Crippen MR) is 101 cm³/mol. The van der Waals surface area contributed by atoms with E-state index in [1.807, 2.05) is 23.4 Å². The highest BCUT2D eigenvalue weighted by atomic mass is 19.1. The lowest BCUT2D eigenvalue weighted by Crippen LogP contribution is -2.20. The number of nitrogens with zero attached hydrogens (tertiary/aromatic N) is 4. The molecule has 3 aromatic heterocycles. The fourth-order valence-electron chi connectivity index (χ4n) is 3.31. The maximum Gasteiger partial charge on any atom is 0.135 e. The summed E-state index contributed by atoms with van der Waals surface area (Å²) in [5.41, 5.74) is 5.16. The van der Waals surface area contributed by atoms with Gasteiger partial charge in [0.25, 0.3) is 0 Å². The summed E-state index contributed by atoms with van der Waals surface area (Å²) in [6, 6.07) is 5.53. The van der Waals surface area contributed by atoms with E-state index in [0.29, 0.717) is 17.9 Å². The minimum atomic E-state index is -0.654. The van der Waals surface area contributed by atoms with E-state index in [1.165, 1.54) is 12.1 Å². The third-order valence-corrected chi connectivity index (χ3v) is 4.70. The third kappa shape index (κ3) is 2.75. The zero-order valence-electron chi connectivity index (χ0n) is 14.5. The van der Waals surface area contributed by atoms with E-state index in [9.17, 15) is 8.78 Å². The monoisotopic (exact) mass is 376 g/mol. The van der Waals surface area contributed by atoms with Crippen molar-refractivity contribution in [1.29, 1.82) is 0 Å². The van der Waals surface area contributed by atoms with Gasteiger partial charge in [-0.2, -0.15) is 10.2 Å². The Morgan fingerprint density at radius 2 is 1.93 bits per heavy atom. The van der Waals surface area contributed by atoms with Crippen LogP contribution in [0.3, 0.4) is 0 Å². The zero-order chi connectivity index (χ0) is 19.1. The SMILES string of the molecule is Fc1ccc(-c2n[nH]cc2N2C=Cc3ncc(-c4cn[nH]c4)cc3C2)c(F)c1. The third-order valence-electron chi connectivity index (χ3n) is 4.70. The van der Waals surface area contributed by atoms with Crippen LogP contribution in [0.15, 0.2) is 55.3 Å². The Bertz CT molecular complexity index is 1180. The van der Waals surface area contributed by atoms with Crippen molar-refractivity contribution in [2.75, 3.05) is 4.90 Å². The number of H-pyrrole nitrogens is 2. The van der Waals surface area contributed by atoms with Crippen molar-refractivity contribution in [3.8, 4) is 22.4 Å². The highest BCUT2D eigenvalue weighted by Gasteiger charge is 2.21. The second-order valence-electron chi connectivity index (χ2n) is 6.44. The number of hydrogen-bond donors (Lipinski definition) is 2. The van der Waals surface area contributed by atoms with Gasteiger partial charge in [-0.05, 0) is 29.8 Å². The van der Waals surface area contributed by atoms with E-state index in [1.54, 1.807) is 18.6 Å². The van der Waals surface area contributed by atoms with Crippen LogP contribution in [0.4, 0.5) is 14.5 Å². The van der Waals surface area contributed by atoms with Gasteiger partial charge in [-0.15, -0.1) is 0 Å². The van der Waals surface area contributed by atoms with E-state index in [4.69, 9.17) is 0 Å². The highest BCUT2D eigenvalue weighted by molar-refractivity contribution is 5.78. The van der Waals surface area contributed by atoms with Gasteiger partial charge >= 0.3 is 0 Å². The van der Waals surface area contributed by atoms with Gasteiger partial charge in [-0.1, -0.05) is 0 Å². The fourth-order valence-corrected chi connectivity index (χ4v) is 3.31. The lowest BCUT2D eigenvalue weighted by atomic mass is 10.0.